The number of likely N-dealkylation sites (N-methyl/N-ethyl adjacent to an activating group) is 1. The molecule has 0 saturated carbocycles. The largest absolute Gasteiger partial charge is 0.396 e. The van der Waals surface area contributed by atoms with Crippen LogP contribution in [0.25, 0.3) is 0 Å². The van der Waals surface area contributed by atoms with E-state index in [9.17, 15) is 5.11 Å². The molecule has 3 aromatic carbocycles. The van der Waals surface area contributed by atoms with Gasteiger partial charge < -0.3 is 15.3 Å². The minimum absolute atomic E-state index is 0.221. The van der Waals surface area contributed by atoms with Crippen molar-refractivity contribution in [2.45, 2.75) is 31.3 Å². The van der Waals surface area contributed by atoms with E-state index in [0.717, 1.165) is 13.0 Å². The van der Waals surface area contributed by atoms with Crippen molar-refractivity contribution in [2.75, 3.05) is 25.1 Å². The number of nitrogens with zero attached hydrogens (tertiary/aromatic N) is 1. The molecule has 1 heterocycles. The first-order chi connectivity index (χ1) is 14.7. The average molecular weight is 401 g/mol. The average Bonchev–Trinajstić information content (AvgIpc) is 3.19. The van der Waals surface area contributed by atoms with Crippen molar-refractivity contribution < 1.29 is 5.11 Å². The van der Waals surface area contributed by atoms with Crippen LogP contribution in [0.2, 0.25) is 0 Å². The van der Waals surface area contributed by atoms with Crippen molar-refractivity contribution in [1.29, 1.82) is 0 Å². The Hall–Kier alpha value is -2.62. The Morgan fingerprint density at radius 3 is 2.03 bits per heavy atom. The van der Waals surface area contributed by atoms with Crippen LogP contribution in [-0.4, -0.2) is 37.4 Å². The molecule has 0 amide bonds. The molecule has 4 rings (SSSR count). The lowest BCUT2D eigenvalue weighted by molar-refractivity contribution is 0.251. The summed E-state index contributed by atoms with van der Waals surface area (Å²) in [6.07, 6.45) is 0.806. The summed E-state index contributed by atoms with van der Waals surface area (Å²) in [5.74, 6) is 0.632. The smallest absolute Gasteiger partial charge is 0.0490 e. The van der Waals surface area contributed by atoms with Gasteiger partial charge in [0.2, 0.25) is 0 Å². The number of rotatable bonds is 7. The summed E-state index contributed by atoms with van der Waals surface area (Å²) in [5.41, 5.74) is 5.20. The van der Waals surface area contributed by atoms with E-state index in [1.807, 2.05) is 0 Å². The van der Waals surface area contributed by atoms with Crippen LogP contribution in [0.3, 0.4) is 0 Å². The third-order valence-electron chi connectivity index (χ3n) is 6.59. The van der Waals surface area contributed by atoms with E-state index in [0.29, 0.717) is 5.92 Å². The number of hydrogen-bond acceptors (Lipinski definition) is 3. The number of aliphatic hydroxyl groups excluding tert-OH is 1. The van der Waals surface area contributed by atoms with Gasteiger partial charge in [-0.15, -0.1) is 0 Å². The maximum atomic E-state index is 9.76. The van der Waals surface area contributed by atoms with E-state index in [1.54, 1.807) is 0 Å². The first kappa shape index (κ1) is 20.6. The highest BCUT2D eigenvalue weighted by molar-refractivity contribution is 5.54. The van der Waals surface area contributed by atoms with Gasteiger partial charge >= 0.3 is 0 Å². The predicted octanol–water partition coefficient (Wildman–Crippen LogP) is 4.60. The second kappa shape index (κ2) is 9.46. The van der Waals surface area contributed by atoms with Gasteiger partial charge in [0, 0.05) is 43.9 Å². The quantitative estimate of drug-likeness (QED) is 0.608. The Morgan fingerprint density at radius 1 is 0.900 bits per heavy atom. The topological polar surface area (TPSA) is 35.5 Å². The number of para-hydroxylation sites is 1. The summed E-state index contributed by atoms with van der Waals surface area (Å²) in [4.78, 5) is 2.44. The minimum atomic E-state index is 0.221. The summed E-state index contributed by atoms with van der Waals surface area (Å²) >= 11 is 0. The maximum absolute atomic E-state index is 9.76. The standard InChI is InChI=1S/C27H32N2O/c1-20-11-9-10-16-24(20)29(2)27-23(17-18-30)19-28-26(27)25(21-12-5-3-6-13-21)22-14-7-4-8-15-22/h3-16,23,25-28,30H,17-19H2,1-2H3. The van der Waals surface area contributed by atoms with Crippen LogP contribution in [0.1, 0.15) is 29.0 Å². The minimum Gasteiger partial charge on any atom is -0.396 e. The third kappa shape index (κ3) is 4.14. The summed E-state index contributed by atoms with van der Waals surface area (Å²) in [6, 6.07) is 30.8. The molecule has 2 N–H and O–H groups in total. The van der Waals surface area contributed by atoms with Gasteiger partial charge in [-0.25, -0.2) is 0 Å². The zero-order valence-corrected chi connectivity index (χ0v) is 17.9. The Morgan fingerprint density at radius 2 is 1.47 bits per heavy atom. The molecule has 3 atom stereocenters. The zero-order chi connectivity index (χ0) is 20.9. The second-order valence-electron chi connectivity index (χ2n) is 8.39. The van der Waals surface area contributed by atoms with Gasteiger partial charge in [0.05, 0.1) is 0 Å². The van der Waals surface area contributed by atoms with Crippen LogP contribution in [0, 0.1) is 12.8 Å². The number of nitrogens with one attached hydrogen (secondary N) is 1. The molecule has 0 radical (unpaired) electrons. The van der Waals surface area contributed by atoms with E-state index in [2.05, 4.69) is 109 Å². The normalized spacial score (nSPS) is 21.1. The van der Waals surface area contributed by atoms with Crippen LogP contribution in [0.5, 0.6) is 0 Å². The summed E-state index contributed by atoms with van der Waals surface area (Å²) in [5, 5.41) is 13.6. The predicted molar refractivity (Wildman–Crippen MR) is 125 cm³/mol. The Bertz CT molecular complexity index is 888. The first-order valence-electron chi connectivity index (χ1n) is 10.9. The van der Waals surface area contributed by atoms with Gasteiger partial charge in [-0.1, -0.05) is 78.9 Å². The summed E-state index contributed by atoms with van der Waals surface area (Å²) < 4.78 is 0. The zero-order valence-electron chi connectivity index (χ0n) is 17.9. The van der Waals surface area contributed by atoms with Crippen molar-refractivity contribution >= 4 is 5.69 Å². The lowest BCUT2D eigenvalue weighted by atomic mass is 9.79. The molecule has 0 spiro atoms. The molecule has 1 aliphatic heterocycles. The molecule has 1 fully saturated rings. The highest BCUT2D eigenvalue weighted by Gasteiger charge is 2.43. The lowest BCUT2D eigenvalue weighted by Crippen LogP contribution is -2.48. The Kier molecular flexibility index (Phi) is 6.51. The number of anilines is 1. The molecule has 1 aliphatic rings. The molecule has 3 heteroatoms. The molecular formula is C27H32N2O. The van der Waals surface area contributed by atoms with E-state index >= 15 is 0 Å². The monoisotopic (exact) mass is 400 g/mol. The number of aliphatic hydroxyl groups is 1. The number of hydrogen-bond donors (Lipinski definition) is 2. The van der Waals surface area contributed by atoms with Gasteiger partial charge in [-0.3, -0.25) is 0 Å². The molecule has 156 valence electrons. The Balaban J connectivity index is 1.77. The molecule has 3 aromatic rings. The molecule has 3 unspecified atom stereocenters. The fraction of sp³-hybridized carbons (Fsp3) is 0.333. The summed E-state index contributed by atoms with van der Waals surface area (Å²) in [7, 11) is 2.21. The van der Waals surface area contributed by atoms with E-state index in [4.69, 9.17) is 0 Å². The number of benzene rings is 3. The summed E-state index contributed by atoms with van der Waals surface area (Å²) in [6.45, 7) is 3.32. The van der Waals surface area contributed by atoms with E-state index in [-0.39, 0.29) is 24.6 Å². The van der Waals surface area contributed by atoms with E-state index in [1.165, 1.54) is 22.4 Å². The molecule has 1 saturated heterocycles. The molecule has 3 nitrogen and oxygen atoms in total. The van der Waals surface area contributed by atoms with Crippen LogP contribution in [0.4, 0.5) is 5.69 Å². The molecule has 0 bridgehead atoms. The SMILES string of the molecule is Cc1ccccc1N(C)C1C(CCO)CNC1C(c1ccccc1)c1ccccc1. The van der Waals surface area contributed by atoms with Crippen molar-refractivity contribution in [2.24, 2.45) is 5.92 Å². The van der Waals surface area contributed by atoms with Crippen molar-refractivity contribution in [3.05, 3.63) is 102 Å². The van der Waals surface area contributed by atoms with Gasteiger partial charge in [-0.2, -0.15) is 0 Å². The fourth-order valence-corrected chi connectivity index (χ4v) is 5.18. The first-order valence-corrected chi connectivity index (χ1v) is 10.9. The molecule has 30 heavy (non-hydrogen) atoms. The molecule has 0 aliphatic carbocycles. The highest BCUT2D eigenvalue weighted by atomic mass is 16.3. The van der Waals surface area contributed by atoms with Gasteiger partial charge in [0.15, 0.2) is 0 Å². The van der Waals surface area contributed by atoms with Gasteiger partial charge in [0.25, 0.3) is 0 Å². The maximum Gasteiger partial charge on any atom is 0.0490 e. The lowest BCUT2D eigenvalue weighted by Gasteiger charge is -2.39. The van der Waals surface area contributed by atoms with Crippen molar-refractivity contribution in [3.63, 3.8) is 0 Å². The fourth-order valence-electron chi connectivity index (χ4n) is 5.18. The van der Waals surface area contributed by atoms with Crippen LogP contribution >= 0.6 is 0 Å². The van der Waals surface area contributed by atoms with Crippen molar-refractivity contribution in [3.8, 4) is 0 Å². The van der Waals surface area contributed by atoms with Gasteiger partial charge in [0.1, 0.15) is 0 Å². The van der Waals surface area contributed by atoms with Crippen LogP contribution in [0.15, 0.2) is 84.9 Å². The molecule has 0 aromatic heterocycles. The number of aryl methyl sites for hydroxylation is 1. The van der Waals surface area contributed by atoms with E-state index < -0.39 is 0 Å². The van der Waals surface area contributed by atoms with Crippen molar-refractivity contribution in [1.82, 2.24) is 5.32 Å². The molecular weight excluding hydrogens is 368 g/mol. The van der Waals surface area contributed by atoms with Crippen LogP contribution in [-0.2, 0) is 0 Å². The third-order valence-corrected chi connectivity index (χ3v) is 6.59. The van der Waals surface area contributed by atoms with Crippen LogP contribution < -0.4 is 10.2 Å². The van der Waals surface area contributed by atoms with Gasteiger partial charge in [-0.05, 0) is 42.0 Å². The highest BCUT2D eigenvalue weighted by Crippen LogP contribution is 2.38. The second-order valence-corrected chi connectivity index (χ2v) is 8.39. The Labute approximate surface area is 180 Å².